The molecule has 0 aliphatic carbocycles. The Hall–Kier alpha value is -2.04. The van der Waals surface area contributed by atoms with Crippen molar-refractivity contribution in [3.63, 3.8) is 0 Å². The molecule has 0 bridgehead atoms. The number of rotatable bonds is 3. The summed E-state index contributed by atoms with van der Waals surface area (Å²) in [6, 6.07) is 6.52. The second-order valence-electron chi connectivity index (χ2n) is 4.04. The van der Waals surface area contributed by atoms with Gasteiger partial charge < -0.3 is 9.47 Å². The zero-order chi connectivity index (χ0) is 13.1. The molecule has 1 saturated heterocycles. The first kappa shape index (κ1) is 12.4. The van der Waals surface area contributed by atoms with Crippen LogP contribution in [0.15, 0.2) is 24.3 Å². The number of amides is 1. The Morgan fingerprint density at radius 2 is 1.94 bits per heavy atom. The second kappa shape index (κ2) is 5.08. The third-order valence-corrected chi connectivity index (χ3v) is 3.04. The molecule has 5 nitrogen and oxygen atoms in total. The molecule has 0 aromatic heterocycles. The summed E-state index contributed by atoms with van der Waals surface area (Å²) < 4.78 is 9.78. The number of anilines is 1. The van der Waals surface area contributed by atoms with Crippen LogP contribution in [0, 0.1) is 0 Å². The highest BCUT2D eigenvalue weighted by Crippen LogP contribution is 2.28. The molecule has 0 N–H and O–H groups in total. The van der Waals surface area contributed by atoms with Crippen LogP contribution >= 0.6 is 0 Å². The van der Waals surface area contributed by atoms with E-state index in [0.717, 1.165) is 0 Å². The van der Waals surface area contributed by atoms with Crippen molar-refractivity contribution in [2.24, 2.45) is 0 Å². The smallest absolute Gasteiger partial charge is 0.328 e. The van der Waals surface area contributed by atoms with Crippen molar-refractivity contribution in [2.45, 2.75) is 18.9 Å². The fraction of sp³-hybridized carbons (Fsp3) is 0.385. The molecule has 96 valence electrons. The van der Waals surface area contributed by atoms with E-state index in [4.69, 9.17) is 9.47 Å². The largest absolute Gasteiger partial charge is 0.497 e. The number of methoxy groups -OCH3 is 2. The van der Waals surface area contributed by atoms with Gasteiger partial charge in [-0.25, -0.2) is 4.79 Å². The normalized spacial score (nSPS) is 18.9. The lowest BCUT2D eigenvalue weighted by atomic mass is 10.2. The molecule has 0 unspecified atom stereocenters. The van der Waals surface area contributed by atoms with Crippen LogP contribution in [-0.4, -0.2) is 32.1 Å². The molecule has 1 aromatic carbocycles. The molecule has 1 heterocycles. The topological polar surface area (TPSA) is 55.8 Å². The molecule has 1 amide bonds. The zero-order valence-corrected chi connectivity index (χ0v) is 10.4. The number of ether oxygens (including phenoxy) is 2. The lowest BCUT2D eigenvalue weighted by molar-refractivity contribution is -0.142. The average molecular weight is 249 g/mol. The summed E-state index contributed by atoms with van der Waals surface area (Å²) in [6.45, 7) is 0. The molecule has 1 atom stereocenters. The lowest BCUT2D eigenvalue weighted by Crippen LogP contribution is -2.39. The molecular weight excluding hydrogens is 234 g/mol. The Morgan fingerprint density at radius 3 is 2.50 bits per heavy atom. The maximum absolute atomic E-state index is 11.8. The summed E-state index contributed by atoms with van der Waals surface area (Å²) >= 11 is 0. The van der Waals surface area contributed by atoms with Crippen LogP contribution in [0.1, 0.15) is 12.8 Å². The molecule has 2 rings (SSSR count). The van der Waals surface area contributed by atoms with Gasteiger partial charge in [-0.3, -0.25) is 9.69 Å². The van der Waals surface area contributed by atoms with Gasteiger partial charge in [-0.05, 0) is 30.7 Å². The highest BCUT2D eigenvalue weighted by Gasteiger charge is 2.37. The molecular formula is C13H15NO4. The Kier molecular flexibility index (Phi) is 3.50. The number of esters is 1. The number of carbonyl (C=O) groups is 2. The highest BCUT2D eigenvalue weighted by atomic mass is 16.5. The van der Waals surface area contributed by atoms with Gasteiger partial charge in [0.05, 0.1) is 14.2 Å². The van der Waals surface area contributed by atoms with Crippen LogP contribution in [0.4, 0.5) is 5.69 Å². The van der Waals surface area contributed by atoms with Crippen LogP contribution in [0.5, 0.6) is 5.75 Å². The van der Waals surface area contributed by atoms with E-state index in [9.17, 15) is 9.59 Å². The van der Waals surface area contributed by atoms with E-state index in [-0.39, 0.29) is 11.9 Å². The minimum absolute atomic E-state index is 0.0597. The van der Waals surface area contributed by atoms with Gasteiger partial charge in [-0.2, -0.15) is 0 Å². The van der Waals surface area contributed by atoms with Gasteiger partial charge in [-0.15, -0.1) is 0 Å². The standard InChI is InChI=1S/C13H15NO4/c1-17-10-5-3-9(4-6-10)14-11(13(16)18-2)7-8-12(14)15/h3-6,11H,7-8H2,1-2H3/t11-/m0/s1. The van der Waals surface area contributed by atoms with Gasteiger partial charge in [0.15, 0.2) is 0 Å². The predicted molar refractivity (Wildman–Crippen MR) is 65.5 cm³/mol. The molecule has 18 heavy (non-hydrogen) atoms. The van der Waals surface area contributed by atoms with Crippen molar-refractivity contribution >= 4 is 17.6 Å². The van der Waals surface area contributed by atoms with E-state index in [1.165, 1.54) is 12.0 Å². The summed E-state index contributed by atoms with van der Waals surface area (Å²) in [4.78, 5) is 25.0. The van der Waals surface area contributed by atoms with Crippen molar-refractivity contribution in [1.29, 1.82) is 0 Å². The quantitative estimate of drug-likeness (QED) is 0.759. The van der Waals surface area contributed by atoms with Gasteiger partial charge in [0.2, 0.25) is 5.91 Å². The Bertz CT molecular complexity index is 455. The van der Waals surface area contributed by atoms with Crippen LogP contribution < -0.4 is 9.64 Å². The van der Waals surface area contributed by atoms with Gasteiger partial charge >= 0.3 is 5.97 Å². The lowest BCUT2D eigenvalue weighted by Gasteiger charge is -2.22. The third-order valence-electron chi connectivity index (χ3n) is 3.04. The summed E-state index contributed by atoms with van der Waals surface area (Å²) in [6.07, 6.45) is 0.864. The van der Waals surface area contributed by atoms with Crippen molar-refractivity contribution in [1.82, 2.24) is 0 Å². The number of hydrogen-bond donors (Lipinski definition) is 0. The van der Waals surface area contributed by atoms with Gasteiger partial charge in [0.1, 0.15) is 11.8 Å². The van der Waals surface area contributed by atoms with E-state index < -0.39 is 6.04 Å². The number of hydrogen-bond acceptors (Lipinski definition) is 4. The SMILES string of the molecule is COC(=O)[C@@H]1CCC(=O)N1c1ccc(OC)cc1. The van der Waals surface area contributed by atoms with E-state index in [2.05, 4.69) is 0 Å². The van der Waals surface area contributed by atoms with E-state index in [1.54, 1.807) is 31.4 Å². The van der Waals surface area contributed by atoms with Crippen molar-refractivity contribution < 1.29 is 19.1 Å². The molecule has 5 heteroatoms. The number of carbonyl (C=O) groups excluding carboxylic acids is 2. The van der Waals surface area contributed by atoms with E-state index in [1.807, 2.05) is 0 Å². The number of nitrogens with zero attached hydrogens (tertiary/aromatic N) is 1. The molecule has 1 aliphatic rings. The van der Waals surface area contributed by atoms with Crippen molar-refractivity contribution in [3.05, 3.63) is 24.3 Å². The fourth-order valence-corrected chi connectivity index (χ4v) is 2.11. The van der Waals surface area contributed by atoms with Crippen molar-refractivity contribution in [2.75, 3.05) is 19.1 Å². The Morgan fingerprint density at radius 1 is 1.28 bits per heavy atom. The van der Waals surface area contributed by atoms with E-state index in [0.29, 0.717) is 24.3 Å². The highest BCUT2D eigenvalue weighted by molar-refractivity contribution is 6.02. The summed E-state index contributed by atoms with van der Waals surface area (Å²) in [5.41, 5.74) is 0.689. The number of benzene rings is 1. The fourth-order valence-electron chi connectivity index (χ4n) is 2.11. The maximum atomic E-state index is 11.8. The first-order valence-corrected chi connectivity index (χ1v) is 5.71. The Labute approximate surface area is 105 Å². The molecule has 0 radical (unpaired) electrons. The maximum Gasteiger partial charge on any atom is 0.328 e. The van der Waals surface area contributed by atoms with Gasteiger partial charge in [-0.1, -0.05) is 0 Å². The monoisotopic (exact) mass is 249 g/mol. The second-order valence-corrected chi connectivity index (χ2v) is 4.04. The summed E-state index contributed by atoms with van der Waals surface area (Å²) in [5.74, 6) is 0.271. The minimum atomic E-state index is -0.518. The predicted octanol–water partition coefficient (Wildman–Crippen LogP) is 1.36. The van der Waals surface area contributed by atoms with Crippen LogP contribution in [0.25, 0.3) is 0 Å². The molecule has 1 fully saturated rings. The van der Waals surface area contributed by atoms with Gasteiger partial charge in [0, 0.05) is 12.1 Å². The first-order valence-electron chi connectivity index (χ1n) is 5.71. The first-order chi connectivity index (χ1) is 8.67. The average Bonchev–Trinajstić information content (AvgIpc) is 2.80. The minimum Gasteiger partial charge on any atom is -0.497 e. The van der Waals surface area contributed by atoms with E-state index >= 15 is 0 Å². The summed E-state index contributed by atoms with van der Waals surface area (Å²) in [5, 5.41) is 0. The van der Waals surface area contributed by atoms with Crippen molar-refractivity contribution in [3.8, 4) is 5.75 Å². The van der Waals surface area contributed by atoms with Gasteiger partial charge in [0.25, 0.3) is 0 Å². The molecule has 0 spiro atoms. The molecule has 1 aliphatic heterocycles. The van der Waals surface area contributed by atoms with Crippen LogP contribution in [0.3, 0.4) is 0 Å². The Balaban J connectivity index is 2.27. The third kappa shape index (κ3) is 2.16. The van der Waals surface area contributed by atoms with Crippen LogP contribution in [0.2, 0.25) is 0 Å². The summed E-state index contributed by atoms with van der Waals surface area (Å²) in [7, 11) is 2.91. The van der Waals surface area contributed by atoms with Crippen LogP contribution in [-0.2, 0) is 14.3 Å². The molecule has 0 saturated carbocycles. The molecule has 1 aromatic rings. The zero-order valence-electron chi connectivity index (χ0n) is 10.4.